The highest BCUT2D eigenvalue weighted by Gasteiger charge is 2.29. The summed E-state index contributed by atoms with van der Waals surface area (Å²) in [7, 11) is 1.31. The standard InChI is InChI=1S/C19H16N2O3/c1-13-4-3-5-14(10-13)6-7-15-11-16-17(22)8-9-21(19(23)24-2)18(16)20-12-15/h3-5,10-12H,8-9H2,1-2H3. The van der Waals surface area contributed by atoms with Gasteiger partial charge in [0.15, 0.2) is 5.78 Å². The van der Waals surface area contributed by atoms with E-state index in [9.17, 15) is 9.59 Å². The van der Waals surface area contributed by atoms with Crippen LogP contribution in [-0.2, 0) is 4.74 Å². The van der Waals surface area contributed by atoms with Crippen LogP contribution in [0.25, 0.3) is 0 Å². The molecule has 0 saturated heterocycles. The number of carbonyl (C=O) groups excluding carboxylic acids is 2. The Morgan fingerprint density at radius 3 is 2.79 bits per heavy atom. The number of methoxy groups -OCH3 is 1. The van der Waals surface area contributed by atoms with Gasteiger partial charge >= 0.3 is 6.09 Å². The van der Waals surface area contributed by atoms with Crippen molar-refractivity contribution in [2.75, 3.05) is 18.6 Å². The number of nitrogens with zero attached hydrogens (tertiary/aromatic N) is 2. The zero-order chi connectivity index (χ0) is 17.1. The minimum atomic E-state index is -0.519. The lowest BCUT2D eigenvalue weighted by atomic mass is 10.0. The highest BCUT2D eigenvalue weighted by Crippen LogP contribution is 2.26. The predicted octanol–water partition coefficient (Wildman–Crippen LogP) is 2.95. The Hall–Kier alpha value is -3.13. The van der Waals surface area contributed by atoms with E-state index < -0.39 is 6.09 Å². The average molecular weight is 320 g/mol. The van der Waals surface area contributed by atoms with Gasteiger partial charge in [-0.2, -0.15) is 0 Å². The number of ketones is 1. The summed E-state index contributed by atoms with van der Waals surface area (Å²) in [6.45, 7) is 2.28. The largest absolute Gasteiger partial charge is 0.452 e. The van der Waals surface area contributed by atoms with Crippen LogP contribution in [0.15, 0.2) is 36.5 Å². The first-order valence-corrected chi connectivity index (χ1v) is 7.56. The molecule has 1 aliphatic rings. The van der Waals surface area contributed by atoms with Crippen molar-refractivity contribution in [2.24, 2.45) is 0 Å². The van der Waals surface area contributed by atoms with E-state index in [1.807, 2.05) is 31.2 Å². The van der Waals surface area contributed by atoms with Crippen molar-refractivity contribution in [1.82, 2.24) is 4.98 Å². The number of Topliss-reactive ketones (excluding diaryl/α,β-unsaturated/α-hetero) is 1. The normalized spacial score (nSPS) is 12.9. The molecule has 0 saturated carbocycles. The van der Waals surface area contributed by atoms with Crippen LogP contribution in [0.3, 0.4) is 0 Å². The Bertz CT molecular complexity index is 878. The first kappa shape index (κ1) is 15.8. The Morgan fingerprint density at radius 2 is 2.04 bits per heavy atom. The number of hydrogen-bond acceptors (Lipinski definition) is 4. The molecule has 3 rings (SSSR count). The van der Waals surface area contributed by atoms with Gasteiger partial charge in [-0.25, -0.2) is 9.78 Å². The molecule has 5 heteroatoms. The van der Waals surface area contributed by atoms with Crippen molar-refractivity contribution in [1.29, 1.82) is 0 Å². The van der Waals surface area contributed by atoms with E-state index in [2.05, 4.69) is 16.8 Å². The fraction of sp³-hybridized carbons (Fsp3) is 0.211. The molecule has 0 fully saturated rings. The number of aromatic nitrogens is 1. The minimum absolute atomic E-state index is 0.0446. The number of aryl methyl sites for hydroxylation is 1. The van der Waals surface area contributed by atoms with E-state index in [1.165, 1.54) is 12.0 Å². The number of carbonyl (C=O) groups is 2. The quantitative estimate of drug-likeness (QED) is 0.700. The molecule has 1 aliphatic heterocycles. The third kappa shape index (κ3) is 3.13. The summed E-state index contributed by atoms with van der Waals surface area (Å²) in [4.78, 5) is 29.6. The van der Waals surface area contributed by atoms with E-state index in [4.69, 9.17) is 4.74 Å². The number of pyridine rings is 1. The van der Waals surface area contributed by atoms with Crippen molar-refractivity contribution in [3.05, 3.63) is 58.8 Å². The summed E-state index contributed by atoms with van der Waals surface area (Å²) in [5.41, 5.74) is 3.07. The molecule has 0 bridgehead atoms. The number of anilines is 1. The molecular formula is C19H16N2O3. The van der Waals surface area contributed by atoms with E-state index in [1.54, 1.807) is 12.3 Å². The maximum absolute atomic E-state index is 12.1. The number of benzene rings is 1. The summed E-state index contributed by atoms with van der Waals surface area (Å²) in [5.74, 6) is 6.37. The maximum Gasteiger partial charge on any atom is 0.415 e. The summed E-state index contributed by atoms with van der Waals surface area (Å²) in [5, 5.41) is 0. The summed E-state index contributed by atoms with van der Waals surface area (Å²) in [6, 6.07) is 9.55. The van der Waals surface area contributed by atoms with Gasteiger partial charge in [-0.05, 0) is 30.7 Å². The van der Waals surface area contributed by atoms with Gasteiger partial charge in [0.2, 0.25) is 0 Å². The van der Waals surface area contributed by atoms with Crippen molar-refractivity contribution < 1.29 is 14.3 Å². The first-order chi connectivity index (χ1) is 11.6. The Balaban J connectivity index is 1.95. The fourth-order valence-electron chi connectivity index (χ4n) is 2.56. The van der Waals surface area contributed by atoms with Crippen molar-refractivity contribution in [3.8, 4) is 11.8 Å². The van der Waals surface area contributed by atoms with Crippen LogP contribution < -0.4 is 4.90 Å². The van der Waals surface area contributed by atoms with Gasteiger partial charge in [-0.3, -0.25) is 9.69 Å². The molecule has 0 spiro atoms. The fourth-order valence-corrected chi connectivity index (χ4v) is 2.56. The van der Waals surface area contributed by atoms with Gasteiger partial charge in [-0.15, -0.1) is 0 Å². The van der Waals surface area contributed by atoms with Crippen LogP contribution in [0.2, 0.25) is 0 Å². The van der Waals surface area contributed by atoms with Gasteiger partial charge in [0.1, 0.15) is 5.82 Å². The third-order valence-corrected chi connectivity index (χ3v) is 3.75. The smallest absolute Gasteiger partial charge is 0.415 e. The van der Waals surface area contributed by atoms with E-state index >= 15 is 0 Å². The molecule has 0 radical (unpaired) electrons. The lowest BCUT2D eigenvalue weighted by Crippen LogP contribution is -2.38. The highest BCUT2D eigenvalue weighted by molar-refractivity contribution is 6.06. The van der Waals surface area contributed by atoms with Crippen LogP contribution in [0.1, 0.15) is 33.5 Å². The molecular weight excluding hydrogens is 304 g/mol. The van der Waals surface area contributed by atoms with Gasteiger partial charge in [-0.1, -0.05) is 24.0 Å². The van der Waals surface area contributed by atoms with E-state index in [0.29, 0.717) is 16.9 Å². The maximum atomic E-state index is 12.1. The van der Waals surface area contributed by atoms with Crippen molar-refractivity contribution >= 4 is 17.7 Å². The highest BCUT2D eigenvalue weighted by atomic mass is 16.5. The molecule has 5 nitrogen and oxygen atoms in total. The first-order valence-electron chi connectivity index (χ1n) is 7.56. The monoisotopic (exact) mass is 320 g/mol. The lowest BCUT2D eigenvalue weighted by Gasteiger charge is -2.26. The Kier molecular flexibility index (Phi) is 4.30. The average Bonchev–Trinajstić information content (AvgIpc) is 2.60. The number of hydrogen-bond donors (Lipinski definition) is 0. The zero-order valence-corrected chi connectivity index (χ0v) is 13.5. The lowest BCUT2D eigenvalue weighted by molar-refractivity contribution is 0.0978. The topological polar surface area (TPSA) is 59.5 Å². The predicted molar refractivity (Wildman–Crippen MR) is 90.1 cm³/mol. The molecule has 1 aromatic carbocycles. The molecule has 0 N–H and O–H groups in total. The van der Waals surface area contributed by atoms with Gasteiger partial charge < -0.3 is 4.74 Å². The molecule has 1 aromatic heterocycles. The van der Waals surface area contributed by atoms with Gasteiger partial charge in [0.05, 0.1) is 12.7 Å². The minimum Gasteiger partial charge on any atom is -0.452 e. The number of ether oxygens (including phenoxy) is 1. The molecule has 0 aliphatic carbocycles. The molecule has 1 amide bonds. The zero-order valence-electron chi connectivity index (χ0n) is 13.5. The molecule has 2 aromatic rings. The molecule has 0 atom stereocenters. The molecule has 24 heavy (non-hydrogen) atoms. The van der Waals surface area contributed by atoms with E-state index in [0.717, 1.165) is 11.1 Å². The molecule has 2 heterocycles. The van der Waals surface area contributed by atoms with E-state index in [-0.39, 0.29) is 18.7 Å². The third-order valence-electron chi connectivity index (χ3n) is 3.75. The molecule has 0 unspecified atom stereocenters. The van der Waals surface area contributed by atoms with Crippen LogP contribution in [0, 0.1) is 18.8 Å². The second kappa shape index (κ2) is 6.55. The molecule has 120 valence electrons. The Morgan fingerprint density at radius 1 is 1.25 bits per heavy atom. The summed E-state index contributed by atoms with van der Waals surface area (Å²) < 4.78 is 4.74. The second-order valence-corrected chi connectivity index (χ2v) is 5.51. The summed E-state index contributed by atoms with van der Waals surface area (Å²) >= 11 is 0. The van der Waals surface area contributed by atoms with Crippen LogP contribution in [0.5, 0.6) is 0 Å². The Labute approximate surface area is 140 Å². The number of rotatable bonds is 0. The van der Waals surface area contributed by atoms with Crippen molar-refractivity contribution in [3.63, 3.8) is 0 Å². The van der Waals surface area contributed by atoms with Crippen LogP contribution in [-0.4, -0.2) is 30.5 Å². The van der Waals surface area contributed by atoms with Gasteiger partial charge in [0, 0.05) is 30.3 Å². The number of fused-ring (bicyclic) bond motifs is 1. The second-order valence-electron chi connectivity index (χ2n) is 5.51. The SMILES string of the molecule is COC(=O)N1CCC(=O)c2cc(C#Cc3cccc(C)c3)cnc21. The van der Waals surface area contributed by atoms with Crippen LogP contribution >= 0.6 is 0 Å². The number of amides is 1. The van der Waals surface area contributed by atoms with Gasteiger partial charge in [0.25, 0.3) is 0 Å². The summed E-state index contributed by atoms with van der Waals surface area (Å²) in [6.07, 6.45) is 1.30. The van der Waals surface area contributed by atoms with Crippen LogP contribution in [0.4, 0.5) is 10.6 Å². The van der Waals surface area contributed by atoms with Crippen molar-refractivity contribution in [2.45, 2.75) is 13.3 Å².